The van der Waals surface area contributed by atoms with Gasteiger partial charge in [0.25, 0.3) is 0 Å². The Morgan fingerprint density at radius 2 is 2.00 bits per heavy atom. The summed E-state index contributed by atoms with van der Waals surface area (Å²) >= 11 is 0. The summed E-state index contributed by atoms with van der Waals surface area (Å²) in [5.74, 6) is 0.900. The van der Waals surface area contributed by atoms with Gasteiger partial charge in [-0.3, -0.25) is 14.8 Å². The molecule has 0 amide bonds. The lowest BCUT2D eigenvalue weighted by atomic mass is 10.2. The molecule has 2 aliphatic heterocycles. The van der Waals surface area contributed by atoms with E-state index in [0.29, 0.717) is 6.04 Å². The predicted molar refractivity (Wildman–Crippen MR) is 109 cm³/mol. The summed E-state index contributed by atoms with van der Waals surface area (Å²) in [5, 5.41) is 6.88. The van der Waals surface area contributed by atoms with Crippen molar-refractivity contribution in [1.29, 1.82) is 0 Å². The van der Waals surface area contributed by atoms with Crippen molar-refractivity contribution in [3.05, 3.63) is 0 Å². The molecule has 0 radical (unpaired) electrons. The van der Waals surface area contributed by atoms with Crippen LogP contribution in [0, 0.1) is 0 Å². The van der Waals surface area contributed by atoms with Crippen LogP contribution in [0.15, 0.2) is 4.99 Å². The molecule has 2 N–H and O–H groups in total. The Kier molecular flexibility index (Phi) is 11.9. The Hall–Kier alpha value is -0.160. The zero-order chi connectivity index (χ0) is 16.3. The summed E-state index contributed by atoms with van der Waals surface area (Å²) in [6.07, 6.45) is 2.53. The van der Waals surface area contributed by atoms with E-state index < -0.39 is 0 Å². The molecule has 0 aliphatic carbocycles. The monoisotopic (exact) mass is 455 g/mol. The van der Waals surface area contributed by atoms with Crippen molar-refractivity contribution in [2.75, 3.05) is 79.8 Å². The van der Waals surface area contributed by atoms with E-state index in [2.05, 4.69) is 25.4 Å². The highest BCUT2D eigenvalue weighted by Gasteiger charge is 2.23. The number of nitrogens with zero attached hydrogens (tertiary/aromatic N) is 3. The molecule has 1 unspecified atom stereocenters. The maximum Gasteiger partial charge on any atom is 0.191 e. The number of ether oxygens (including phenoxy) is 2. The molecule has 2 aliphatic rings. The molecule has 0 aromatic carbocycles. The zero-order valence-corrected chi connectivity index (χ0v) is 17.5. The molecule has 1 atom stereocenters. The van der Waals surface area contributed by atoms with Crippen LogP contribution < -0.4 is 10.6 Å². The van der Waals surface area contributed by atoms with Gasteiger partial charge in [0.2, 0.25) is 0 Å². The normalized spacial score (nSPS) is 23.1. The van der Waals surface area contributed by atoms with Gasteiger partial charge in [0.05, 0.1) is 19.8 Å². The molecule has 0 spiro atoms. The van der Waals surface area contributed by atoms with Gasteiger partial charge in [0, 0.05) is 59.5 Å². The number of hydrogen-bond donors (Lipinski definition) is 2. The van der Waals surface area contributed by atoms with Crippen molar-refractivity contribution in [3.8, 4) is 0 Å². The fourth-order valence-electron chi connectivity index (χ4n) is 3.22. The minimum Gasteiger partial charge on any atom is -0.383 e. The highest BCUT2D eigenvalue weighted by atomic mass is 127. The van der Waals surface area contributed by atoms with Crippen LogP contribution in [-0.4, -0.2) is 102 Å². The van der Waals surface area contributed by atoms with Gasteiger partial charge >= 0.3 is 0 Å². The van der Waals surface area contributed by atoms with Crippen LogP contribution in [0.25, 0.3) is 0 Å². The third kappa shape index (κ3) is 7.81. The summed E-state index contributed by atoms with van der Waals surface area (Å²) in [6.45, 7) is 9.67. The largest absolute Gasteiger partial charge is 0.383 e. The first-order valence-corrected chi connectivity index (χ1v) is 8.81. The van der Waals surface area contributed by atoms with Gasteiger partial charge in [-0.15, -0.1) is 24.0 Å². The molecular weight excluding hydrogens is 421 g/mol. The molecule has 8 heteroatoms. The van der Waals surface area contributed by atoms with E-state index >= 15 is 0 Å². The SMILES string of the molecule is CN=C(NCCN1CCOCC1)NCC1CCCN1CCOC.I. The average Bonchev–Trinajstić information content (AvgIpc) is 3.04. The second kappa shape index (κ2) is 13.1. The van der Waals surface area contributed by atoms with Crippen LogP contribution in [0.5, 0.6) is 0 Å². The highest BCUT2D eigenvalue weighted by molar-refractivity contribution is 14.0. The number of rotatable bonds is 8. The minimum absolute atomic E-state index is 0. The van der Waals surface area contributed by atoms with Crippen molar-refractivity contribution in [1.82, 2.24) is 20.4 Å². The summed E-state index contributed by atoms with van der Waals surface area (Å²) in [4.78, 5) is 9.26. The number of nitrogens with one attached hydrogen (secondary N) is 2. The molecule has 142 valence electrons. The Bertz CT molecular complexity index is 353. The van der Waals surface area contributed by atoms with Crippen LogP contribution in [0.2, 0.25) is 0 Å². The molecule has 0 aromatic rings. The van der Waals surface area contributed by atoms with Crippen LogP contribution in [0.1, 0.15) is 12.8 Å². The van der Waals surface area contributed by atoms with Crippen LogP contribution in [0.4, 0.5) is 0 Å². The molecule has 2 saturated heterocycles. The molecule has 7 nitrogen and oxygen atoms in total. The summed E-state index contributed by atoms with van der Waals surface area (Å²) in [7, 11) is 3.60. The minimum atomic E-state index is 0. The van der Waals surface area contributed by atoms with E-state index in [4.69, 9.17) is 9.47 Å². The Morgan fingerprint density at radius 3 is 2.71 bits per heavy atom. The smallest absolute Gasteiger partial charge is 0.191 e. The predicted octanol–water partition coefficient (Wildman–Crippen LogP) is 0.212. The second-order valence-electron chi connectivity index (χ2n) is 6.16. The third-order valence-corrected chi connectivity index (χ3v) is 4.63. The van der Waals surface area contributed by atoms with E-state index in [1.165, 1.54) is 19.4 Å². The van der Waals surface area contributed by atoms with Gasteiger partial charge in [-0.1, -0.05) is 0 Å². The number of aliphatic imine (C=N–C) groups is 1. The van der Waals surface area contributed by atoms with E-state index in [9.17, 15) is 0 Å². The van der Waals surface area contributed by atoms with E-state index in [0.717, 1.165) is 65.0 Å². The number of hydrogen-bond acceptors (Lipinski definition) is 5. The standard InChI is InChI=1S/C16H33N5O2.HI/c1-17-16(18-5-7-20-8-12-23-13-9-20)19-14-15-4-3-6-21(15)10-11-22-2;/h15H,3-14H2,1-2H3,(H2,17,18,19);1H. The van der Waals surface area contributed by atoms with Crippen LogP contribution in [-0.2, 0) is 9.47 Å². The summed E-state index contributed by atoms with van der Waals surface area (Å²) in [6, 6.07) is 0.586. The molecule has 2 fully saturated rings. The zero-order valence-electron chi connectivity index (χ0n) is 15.1. The third-order valence-electron chi connectivity index (χ3n) is 4.63. The lowest BCUT2D eigenvalue weighted by molar-refractivity contribution is 0.0389. The van der Waals surface area contributed by atoms with Crippen molar-refractivity contribution >= 4 is 29.9 Å². The molecule has 24 heavy (non-hydrogen) atoms. The lowest BCUT2D eigenvalue weighted by Crippen LogP contribution is -2.47. The first-order chi connectivity index (χ1) is 11.3. The van der Waals surface area contributed by atoms with E-state index in [1.807, 2.05) is 7.05 Å². The van der Waals surface area contributed by atoms with Gasteiger partial charge in [-0.05, 0) is 19.4 Å². The molecular formula is C16H34IN5O2. The molecule has 0 bridgehead atoms. The first kappa shape index (κ1) is 21.9. The Morgan fingerprint density at radius 1 is 1.21 bits per heavy atom. The maximum atomic E-state index is 5.37. The number of guanidine groups is 1. The second-order valence-corrected chi connectivity index (χ2v) is 6.16. The molecule has 0 aromatic heterocycles. The quantitative estimate of drug-likeness (QED) is 0.310. The fraction of sp³-hybridized carbons (Fsp3) is 0.938. The van der Waals surface area contributed by atoms with Crippen LogP contribution in [0.3, 0.4) is 0 Å². The van der Waals surface area contributed by atoms with Gasteiger partial charge < -0.3 is 20.1 Å². The van der Waals surface area contributed by atoms with Crippen molar-refractivity contribution in [3.63, 3.8) is 0 Å². The van der Waals surface area contributed by atoms with Gasteiger partial charge in [-0.25, -0.2) is 0 Å². The number of morpholine rings is 1. The molecule has 2 heterocycles. The Balaban J connectivity index is 0.00000288. The van der Waals surface area contributed by atoms with Crippen LogP contribution >= 0.6 is 24.0 Å². The van der Waals surface area contributed by atoms with E-state index in [1.54, 1.807) is 7.11 Å². The number of methoxy groups -OCH3 is 1. The van der Waals surface area contributed by atoms with Crippen molar-refractivity contribution in [2.45, 2.75) is 18.9 Å². The maximum absolute atomic E-state index is 5.37. The highest BCUT2D eigenvalue weighted by Crippen LogP contribution is 2.15. The summed E-state index contributed by atoms with van der Waals surface area (Å²) in [5.41, 5.74) is 0. The van der Waals surface area contributed by atoms with Gasteiger partial charge in [-0.2, -0.15) is 0 Å². The molecule has 0 saturated carbocycles. The number of halogens is 1. The Labute approximate surface area is 163 Å². The average molecular weight is 455 g/mol. The number of likely N-dealkylation sites (tertiary alicyclic amines) is 1. The first-order valence-electron chi connectivity index (χ1n) is 8.81. The molecule has 2 rings (SSSR count). The van der Waals surface area contributed by atoms with Crippen molar-refractivity contribution in [2.24, 2.45) is 4.99 Å². The fourth-order valence-corrected chi connectivity index (χ4v) is 3.22. The van der Waals surface area contributed by atoms with E-state index in [-0.39, 0.29) is 24.0 Å². The van der Waals surface area contributed by atoms with Gasteiger partial charge in [0.1, 0.15) is 0 Å². The topological polar surface area (TPSA) is 61.4 Å². The van der Waals surface area contributed by atoms with Gasteiger partial charge in [0.15, 0.2) is 5.96 Å². The summed E-state index contributed by atoms with van der Waals surface area (Å²) < 4.78 is 10.6. The lowest BCUT2D eigenvalue weighted by Gasteiger charge is -2.27. The van der Waals surface area contributed by atoms with Crippen molar-refractivity contribution < 1.29 is 9.47 Å².